The predicted octanol–water partition coefficient (Wildman–Crippen LogP) is 5.97. The lowest BCUT2D eigenvalue weighted by Crippen LogP contribution is -2.52. The maximum atomic E-state index is 3.68. The number of unbranched alkanes of at least 4 members (excludes halogenated alkanes) is 3. The van der Waals surface area contributed by atoms with E-state index in [1.807, 2.05) is 0 Å². The first kappa shape index (κ1) is 16.5. The van der Waals surface area contributed by atoms with E-state index in [-0.39, 0.29) is 0 Å². The van der Waals surface area contributed by atoms with Gasteiger partial charge in [0.15, 0.2) is 0 Å². The van der Waals surface area contributed by atoms with Crippen molar-refractivity contribution >= 4 is 50.3 Å². The molecule has 0 saturated heterocycles. The summed E-state index contributed by atoms with van der Waals surface area (Å²) < 4.78 is 2.43. The summed E-state index contributed by atoms with van der Waals surface area (Å²) >= 11 is 7.36. The van der Waals surface area contributed by atoms with Gasteiger partial charge in [0, 0.05) is 8.95 Å². The maximum absolute atomic E-state index is 3.68. The van der Waals surface area contributed by atoms with E-state index in [0.717, 1.165) is 0 Å². The van der Waals surface area contributed by atoms with E-state index in [4.69, 9.17) is 0 Å². The molecule has 0 N–H and O–H groups in total. The molecule has 0 saturated carbocycles. The van der Waals surface area contributed by atoms with Crippen LogP contribution >= 0.6 is 31.9 Å². The Kier molecular flexibility index (Phi) is 4.96. The number of fused-ring (bicyclic) bond motifs is 3. The lowest BCUT2D eigenvalue weighted by molar-refractivity contribution is 0.698. The molecule has 3 rings (SSSR count). The zero-order valence-electron chi connectivity index (χ0n) is 13.3. The van der Waals surface area contributed by atoms with Gasteiger partial charge in [0.25, 0.3) is 0 Å². The van der Waals surface area contributed by atoms with Crippen molar-refractivity contribution < 1.29 is 0 Å². The molecule has 0 atom stereocenters. The van der Waals surface area contributed by atoms with Crippen molar-refractivity contribution in [3.63, 3.8) is 0 Å². The topological polar surface area (TPSA) is 0 Å². The Balaban J connectivity index is 2.05. The van der Waals surface area contributed by atoms with Gasteiger partial charge in [-0.2, -0.15) is 0 Å². The number of hydrogen-bond donors (Lipinski definition) is 0. The van der Waals surface area contributed by atoms with E-state index in [0.29, 0.717) is 0 Å². The summed E-state index contributed by atoms with van der Waals surface area (Å²) in [6.45, 7) is 4.84. The summed E-state index contributed by atoms with van der Waals surface area (Å²) in [6, 6.07) is 15.1. The molecule has 0 fully saturated rings. The monoisotopic (exact) mass is 436 g/mol. The van der Waals surface area contributed by atoms with Crippen LogP contribution in [0.5, 0.6) is 0 Å². The largest absolute Gasteiger partial charge is 0.116 e. The Hall–Kier alpha value is -0.383. The molecule has 1 aliphatic rings. The van der Waals surface area contributed by atoms with Crippen molar-refractivity contribution in [3.05, 3.63) is 45.3 Å². The van der Waals surface area contributed by atoms with E-state index in [2.05, 4.69) is 81.7 Å². The second-order valence-corrected chi connectivity index (χ2v) is 12.6. The second-order valence-electron chi connectivity index (χ2n) is 6.52. The smallest absolute Gasteiger partial charge is 0.0654 e. The zero-order chi connectivity index (χ0) is 15.7. The van der Waals surface area contributed by atoms with E-state index in [1.54, 1.807) is 10.4 Å². The molecular formula is C19H22Br2Si. The van der Waals surface area contributed by atoms with Crippen LogP contribution in [-0.2, 0) is 0 Å². The molecule has 0 amide bonds. The molecule has 116 valence electrons. The Morgan fingerprint density at radius 3 is 1.86 bits per heavy atom. The van der Waals surface area contributed by atoms with Crippen LogP contribution in [0.1, 0.15) is 32.6 Å². The number of benzene rings is 2. The summed E-state index contributed by atoms with van der Waals surface area (Å²) in [4.78, 5) is 0. The van der Waals surface area contributed by atoms with Crippen molar-refractivity contribution in [2.75, 3.05) is 0 Å². The van der Waals surface area contributed by atoms with Crippen molar-refractivity contribution in [1.29, 1.82) is 0 Å². The molecule has 2 aromatic carbocycles. The van der Waals surface area contributed by atoms with Crippen molar-refractivity contribution in [1.82, 2.24) is 0 Å². The summed E-state index contributed by atoms with van der Waals surface area (Å²) in [5.74, 6) is 0. The minimum absolute atomic E-state index is 1.21. The third-order valence-corrected chi connectivity index (χ3v) is 10.5. The van der Waals surface area contributed by atoms with E-state index in [9.17, 15) is 0 Å². The van der Waals surface area contributed by atoms with Gasteiger partial charge in [-0.15, -0.1) is 0 Å². The average Bonchev–Trinajstić information content (AvgIpc) is 2.73. The minimum atomic E-state index is -1.60. The van der Waals surface area contributed by atoms with Crippen LogP contribution in [0, 0.1) is 0 Å². The molecule has 2 aromatic rings. The van der Waals surface area contributed by atoms with E-state index in [1.165, 1.54) is 51.8 Å². The van der Waals surface area contributed by atoms with Crippen LogP contribution in [0.25, 0.3) is 11.1 Å². The van der Waals surface area contributed by atoms with Gasteiger partial charge in [-0.1, -0.05) is 83.1 Å². The standard InChI is InChI=1S/C19H22Br2Si/c1-3-4-5-6-11-22(2)18-12-14(20)7-9-16(18)17-10-8-15(21)13-19(17)22/h7-10,12-13H,3-6,11H2,1-2H3. The minimum Gasteiger partial charge on any atom is -0.0654 e. The summed E-state index contributed by atoms with van der Waals surface area (Å²) in [5, 5.41) is 3.23. The first-order chi connectivity index (χ1) is 10.6. The molecule has 0 nitrogen and oxygen atoms in total. The van der Waals surface area contributed by atoms with Gasteiger partial charge in [0.05, 0.1) is 0 Å². The molecule has 0 aliphatic carbocycles. The van der Waals surface area contributed by atoms with Crippen LogP contribution in [0.2, 0.25) is 12.6 Å². The van der Waals surface area contributed by atoms with Gasteiger partial charge in [-0.05, 0) is 51.8 Å². The Bertz CT molecular complexity index is 642. The highest BCUT2D eigenvalue weighted by Gasteiger charge is 2.40. The predicted molar refractivity (Wildman–Crippen MR) is 107 cm³/mol. The second kappa shape index (κ2) is 6.62. The molecule has 0 spiro atoms. The van der Waals surface area contributed by atoms with Crippen LogP contribution < -0.4 is 10.4 Å². The fourth-order valence-electron chi connectivity index (χ4n) is 3.74. The number of rotatable bonds is 5. The first-order valence-corrected chi connectivity index (χ1v) is 12.5. The van der Waals surface area contributed by atoms with Gasteiger partial charge < -0.3 is 0 Å². The van der Waals surface area contributed by atoms with Gasteiger partial charge >= 0.3 is 0 Å². The van der Waals surface area contributed by atoms with Crippen LogP contribution in [0.15, 0.2) is 45.3 Å². The molecule has 0 bridgehead atoms. The Morgan fingerprint density at radius 2 is 1.36 bits per heavy atom. The average molecular weight is 438 g/mol. The van der Waals surface area contributed by atoms with Crippen molar-refractivity contribution in [2.45, 2.75) is 45.2 Å². The molecule has 3 heteroatoms. The van der Waals surface area contributed by atoms with Crippen molar-refractivity contribution in [2.24, 2.45) is 0 Å². The molecule has 0 aromatic heterocycles. The third-order valence-electron chi connectivity index (χ3n) is 4.97. The van der Waals surface area contributed by atoms with E-state index >= 15 is 0 Å². The van der Waals surface area contributed by atoms with Gasteiger partial charge in [-0.25, -0.2) is 0 Å². The van der Waals surface area contributed by atoms with Crippen LogP contribution in [0.3, 0.4) is 0 Å². The van der Waals surface area contributed by atoms with Crippen LogP contribution in [-0.4, -0.2) is 8.07 Å². The van der Waals surface area contributed by atoms with Crippen LogP contribution in [0.4, 0.5) is 0 Å². The third kappa shape index (κ3) is 2.88. The molecule has 1 aliphatic heterocycles. The SMILES string of the molecule is CCCCCC[Si]1(C)c2cc(Br)ccc2-c2ccc(Br)cc21. The quantitative estimate of drug-likeness (QED) is 0.399. The Morgan fingerprint density at radius 1 is 0.818 bits per heavy atom. The molecule has 1 heterocycles. The number of hydrogen-bond acceptors (Lipinski definition) is 0. The zero-order valence-corrected chi connectivity index (χ0v) is 17.4. The highest BCUT2D eigenvalue weighted by atomic mass is 79.9. The number of halogens is 2. The first-order valence-electron chi connectivity index (χ1n) is 8.16. The maximum Gasteiger partial charge on any atom is 0.116 e. The van der Waals surface area contributed by atoms with E-state index < -0.39 is 8.07 Å². The fourth-order valence-corrected chi connectivity index (χ4v) is 9.24. The normalized spacial score (nSPS) is 14.7. The summed E-state index contributed by atoms with van der Waals surface area (Å²) in [5.41, 5.74) is 2.94. The lowest BCUT2D eigenvalue weighted by Gasteiger charge is -2.25. The van der Waals surface area contributed by atoms with Gasteiger partial charge in [-0.3, -0.25) is 0 Å². The Labute approximate surface area is 151 Å². The van der Waals surface area contributed by atoms with Crippen molar-refractivity contribution in [3.8, 4) is 11.1 Å². The fraction of sp³-hybridized carbons (Fsp3) is 0.368. The molecule has 0 unspecified atom stereocenters. The lowest BCUT2D eigenvalue weighted by atomic mass is 10.1. The molecule has 0 radical (unpaired) electrons. The van der Waals surface area contributed by atoms with Gasteiger partial charge in [0.1, 0.15) is 8.07 Å². The molecule has 22 heavy (non-hydrogen) atoms. The summed E-state index contributed by atoms with van der Waals surface area (Å²) in [7, 11) is -1.60. The highest BCUT2D eigenvalue weighted by molar-refractivity contribution is 9.10. The summed E-state index contributed by atoms with van der Waals surface area (Å²) in [6.07, 6.45) is 5.39. The highest BCUT2D eigenvalue weighted by Crippen LogP contribution is 2.34. The molecular weight excluding hydrogens is 416 g/mol. The van der Waals surface area contributed by atoms with Gasteiger partial charge in [0.2, 0.25) is 0 Å².